The van der Waals surface area contributed by atoms with Crippen LogP contribution < -0.4 is 0 Å². The standard InChI is InChI=1S/C9H4BrFO2/c10-7-3-1-2-6(9(7)11)4-5-8(12)13/h1-3H,(H,12,13). The molecule has 0 atom stereocenters. The number of benzene rings is 1. The van der Waals surface area contributed by atoms with Crippen molar-refractivity contribution in [2.75, 3.05) is 0 Å². The quantitative estimate of drug-likeness (QED) is 0.708. The van der Waals surface area contributed by atoms with E-state index < -0.39 is 11.8 Å². The van der Waals surface area contributed by atoms with Gasteiger partial charge in [-0.05, 0) is 28.1 Å². The summed E-state index contributed by atoms with van der Waals surface area (Å²) >= 11 is 2.96. The molecule has 0 aliphatic rings. The van der Waals surface area contributed by atoms with Gasteiger partial charge in [0.15, 0.2) is 5.82 Å². The predicted octanol–water partition coefficient (Wildman–Crippen LogP) is 2.02. The van der Waals surface area contributed by atoms with Crippen LogP contribution in [0.2, 0.25) is 0 Å². The molecule has 0 spiro atoms. The second-order valence-corrected chi connectivity index (χ2v) is 3.01. The number of aliphatic carboxylic acids is 1. The van der Waals surface area contributed by atoms with E-state index in [0.29, 0.717) is 0 Å². The lowest BCUT2D eigenvalue weighted by Crippen LogP contribution is -1.89. The lowest BCUT2D eigenvalue weighted by molar-refractivity contribution is -0.130. The summed E-state index contributed by atoms with van der Waals surface area (Å²) in [5.74, 6) is 2.21. The molecule has 0 bridgehead atoms. The normalized spacial score (nSPS) is 8.77. The molecule has 0 unspecified atom stereocenters. The van der Waals surface area contributed by atoms with Crippen LogP contribution in [-0.4, -0.2) is 11.1 Å². The predicted molar refractivity (Wildman–Crippen MR) is 48.6 cm³/mol. The molecule has 0 saturated heterocycles. The Morgan fingerprint density at radius 1 is 1.54 bits per heavy atom. The van der Waals surface area contributed by atoms with Gasteiger partial charge < -0.3 is 5.11 Å². The van der Waals surface area contributed by atoms with Gasteiger partial charge in [-0.1, -0.05) is 12.0 Å². The van der Waals surface area contributed by atoms with Crippen molar-refractivity contribution in [2.24, 2.45) is 0 Å². The highest BCUT2D eigenvalue weighted by molar-refractivity contribution is 9.10. The summed E-state index contributed by atoms with van der Waals surface area (Å²) in [7, 11) is 0. The molecule has 0 aliphatic heterocycles. The van der Waals surface area contributed by atoms with E-state index in [4.69, 9.17) is 5.11 Å². The molecule has 1 rings (SSSR count). The first kappa shape index (κ1) is 9.75. The van der Waals surface area contributed by atoms with Gasteiger partial charge in [-0.3, -0.25) is 0 Å². The highest BCUT2D eigenvalue weighted by atomic mass is 79.9. The number of carbonyl (C=O) groups is 1. The molecule has 0 radical (unpaired) electrons. The molecular formula is C9H4BrFO2. The maximum absolute atomic E-state index is 13.1. The van der Waals surface area contributed by atoms with Gasteiger partial charge in [0, 0.05) is 5.92 Å². The van der Waals surface area contributed by atoms with Gasteiger partial charge in [0.2, 0.25) is 0 Å². The Balaban J connectivity index is 3.11. The monoisotopic (exact) mass is 242 g/mol. The van der Waals surface area contributed by atoms with Crippen LogP contribution in [0, 0.1) is 17.7 Å². The van der Waals surface area contributed by atoms with Gasteiger partial charge in [0.05, 0.1) is 10.0 Å². The molecule has 66 valence electrons. The van der Waals surface area contributed by atoms with Gasteiger partial charge in [-0.15, -0.1) is 0 Å². The highest BCUT2D eigenvalue weighted by Gasteiger charge is 2.02. The summed E-state index contributed by atoms with van der Waals surface area (Å²) in [4.78, 5) is 10.1. The number of hydrogen-bond acceptors (Lipinski definition) is 1. The van der Waals surface area contributed by atoms with Crippen molar-refractivity contribution < 1.29 is 14.3 Å². The molecule has 2 nitrogen and oxygen atoms in total. The third-order valence-electron chi connectivity index (χ3n) is 1.26. The molecule has 0 fully saturated rings. The number of hydrogen-bond donors (Lipinski definition) is 1. The average molecular weight is 243 g/mol. The summed E-state index contributed by atoms with van der Waals surface area (Å²) in [5, 5.41) is 8.23. The fraction of sp³-hybridized carbons (Fsp3) is 0. The summed E-state index contributed by atoms with van der Waals surface area (Å²) in [5.41, 5.74) is 0.0665. The number of carboxylic acids is 1. The Morgan fingerprint density at radius 2 is 2.23 bits per heavy atom. The molecule has 0 heterocycles. The molecule has 0 saturated carbocycles. The average Bonchev–Trinajstić information content (AvgIpc) is 2.07. The fourth-order valence-corrected chi connectivity index (χ4v) is 1.09. The van der Waals surface area contributed by atoms with Crippen molar-refractivity contribution in [2.45, 2.75) is 0 Å². The van der Waals surface area contributed by atoms with E-state index in [2.05, 4.69) is 21.9 Å². The minimum absolute atomic E-state index is 0.0665. The van der Waals surface area contributed by atoms with Crippen LogP contribution in [-0.2, 0) is 4.79 Å². The van der Waals surface area contributed by atoms with Gasteiger partial charge >= 0.3 is 5.97 Å². The van der Waals surface area contributed by atoms with Crippen LogP contribution in [0.5, 0.6) is 0 Å². The van der Waals surface area contributed by atoms with Crippen LogP contribution in [0.4, 0.5) is 4.39 Å². The lowest BCUT2D eigenvalue weighted by atomic mass is 10.2. The van der Waals surface area contributed by atoms with E-state index in [1.165, 1.54) is 12.1 Å². The van der Waals surface area contributed by atoms with E-state index in [9.17, 15) is 9.18 Å². The van der Waals surface area contributed by atoms with Gasteiger partial charge in [0.25, 0.3) is 0 Å². The first-order chi connectivity index (χ1) is 6.11. The Hall–Kier alpha value is -1.34. The Labute approximate surface area is 82.5 Å². The maximum Gasteiger partial charge on any atom is 0.382 e. The second-order valence-electron chi connectivity index (χ2n) is 2.16. The third kappa shape index (κ3) is 2.56. The smallest absolute Gasteiger partial charge is 0.382 e. The second kappa shape index (κ2) is 4.06. The van der Waals surface area contributed by atoms with Crippen LogP contribution in [0.3, 0.4) is 0 Å². The van der Waals surface area contributed by atoms with Crippen molar-refractivity contribution in [3.05, 3.63) is 34.1 Å². The first-order valence-corrected chi connectivity index (χ1v) is 4.09. The summed E-state index contributed by atoms with van der Waals surface area (Å²) in [6.07, 6.45) is 0. The van der Waals surface area contributed by atoms with Gasteiger partial charge in [-0.25, -0.2) is 9.18 Å². The van der Waals surface area contributed by atoms with Gasteiger partial charge in [0.1, 0.15) is 0 Å². The van der Waals surface area contributed by atoms with Crippen molar-refractivity contribution in [3.8, 4) is 11.8 Å². The molecule has 0 amide bonds. The van der Waals surface area contributed by atoms with Crippen LogP contribution in [0.25, 0.3) is 0 Å². The van der Waals surface area contributed by atoms with E-state index in [-0.39, 0.29) is 10.0 Å². The SMILES string of the molecule is O=C(O)C#Cc1cccc(Br)c1F. The maximum atomic E-state index is 13.1. The summed E-state index contributed by atoms with van der Waals surface area (Å²) in [6.45, 7) is 0. The van der Waals surface area contributed by atoms with E-state index in [0.717, 1.165) is 0 Å². The third-order valence-corrected chi connectivity index (χ3v) is 1.87. The first-order valence-electron chi connectivity index (χ1n) is 3.30. The van der Waals surface area contributed by atoms with E-state index in [1.807, 2.05) is 5.92 Å². The topological polar surface area (TPSA) is 37.3 Å². The van der Waals surface area contributed by atoms with Crippen molar-refractivity contribution in [3.63, 3.8) is 0 Å². The molecule has 4 heteroatoms. The largest absolute Gasteiger partial charge is 0.472 e. The number of rotatable bonds is 0. The Kier molecular flexibility index (Phi) is 3.04. The lowest BCUT2D eigenvalue weighted by Gasteiger charge is -1.95. The molecule has 0 aromatic heterocycles. The highest BCUT2D eigenvalue weighted by Crippen LogP contribution is 2.17. The molecule has 1 aromatic carbocycles. The van der Waals surface area contributed by atoms with Crippen LogP contribution in [0.15, 0.2) is 22.7 Å². The van der Waals surface area contributed by atoms with Crippen molar-refractivity contribution in [1.29, 1.82) is 0 Å². The zero-order valence-corrected chi connectivity index (χ0v) is 7.93. The molecule has 1 aromatic rings. The summed E-state index contributed by atoms with van der Waals surface area (Å²) in [6, 6.07) is 4.51. The minimum atomic E-state index is -1.28. The van der Waals surface area contributed by atoms with Crippen LogP contribution in [0.1, 0.15) is 5.56 Å². The summed E-state index contributed by atoms with van der Waals surface area (Å²) < 4.78 is 13.4. The number of carboxylic acid groups (broad SMARTS) is 1. The minimum Gasteiger partial charge on any atom is -0.472 e. The fourth-order valence-electron chi connectivity index (χ4n) is 0.721. The zero-order valence-electron chi connectivity index (χ0n) is 6.34. The van der Waals surface area contributed by atoms with E-state index in [1.54, 1.807) is 6.07 Å². The molecule has 1 N–H and O–H groups in total. The molecule has 0 aliphatic carbocycles. The zero-order chi connectivity index (χ0) is 9.84. The van der Waals surface area contributed by atoms with Crippen LogP contribution >= 0.6 is 15.9 Å². The number of halogens is 2. The van der Waals surface area contributed by atoms with Crippen molar-refractivity contribution >= 4 is 21.9 Å². The Bertz CT molecular complexity index is 404. The van der Waals surface area contributed by atoms with Gasteiger partial charge in [-0.2, -0.15) is 0 Å². The van der Waals surface area contributed by atoms with Crippen molar-refractivity contribution in [1.82, 2.24) is 0 Å². The Morgan fingerprint density at radius 3 is 2.85 bits per heavy atom. The molecule has 13 heavy (non-hydrogen) atoms. The van der Waals surface area contributed by atoms with E-state index >= 15 is 0 Å². The molecular weight excluding hydrogens is 239 g/mol.